The first-order valence-corrected chi connectivity index (χ1v) is 6.69. The highest BCUT2D eigenvalue weighted by molar-refractivity contribution is 5.78. The number of imidazole rings is 1. The van der Waals surface area contributed by atoms with Gasteiger partial charge in [0.25, 0.3) is 0 Å². The molecular weight excluding hydrogens is 275 g/mol. The maximum atomic E-state index is 13.0. The average molecular weight is 292 g/mol. The fraction of sp³-hybridized carbons (Fsp3) is 0.357. The number of pyridine rings is 1. The first-order valence-electron chi connectivity index (χ1n) is 6.69. The van der Waals surface area contributed by atoms with Crippen LogP contribution in [0.5, 0.6) is 0 Å². The number of carbonyl (C=O) groups excluding carboxylic acids is 2. The van der Waals surface area contributed by atoms with Crippen LogP contribution in [-0.4, -0.2) is 34.3 Å². The summed E-state index contributed by atoms with van der Waals surface area (Å²) in [6.07, 6.45) is 3.76. The molecule has 0 aliphatic heterocycles. The van der Waals surface area contributed by atoms with Crippen molar-refractivity contribution >= 4 is 17.5 Å². The molecule has 21 heavy (non-hydrogen) atoms. The molecule has 0 unspecified atom stereocenters. The number of rotatable bonds is 6. The third-order valence-corrected chi connectivity index (χ3v) is 2.86. The van der Waals surface area contributed by atoms with Gasteiger partial charge in [-0.25, -0.2) is 9.37 Å². The van der Waals surface area contributed by atoms with Gasteiger partial charge in [-0.15, -0.1) is 0 Å². The van der Waals surface area contributed by atoms with Crippen LogP contribution in [0.1, 0.15) is 19.0 Å². The van der Waals surface area contributed by atoms with E-state index in [0.717, 1.165) is 0 Å². The molecule has 2 heterocycles. The van der Waals surface area contributed by atoms with Crippen molar-refractivity contribution in [1.29, 1.82) is 0 Å². The zero-order valence-corrected chi connectivity index (χ0v) is 11.7. The van der Waals surface area contributed by atoms with E-state index < -0.39 is 0 Å². The Hall–Kier alpha value is -2.44. The zero-order chi connectivity index (χ0) is 15.2. The fourth-order valence-corrected chi connectivity index (χ4v) is 1.91. The summed E-state index contributed by atoms with van der Waals surface area (Å²) < 4.78 is 14.6. The van der Waals surface area contributed by atoms with E-state index in [1.54, 1.807) is 16.7 Å². The summed E-state index contributed by atoms with van der Waals surface area (Å²) in [4.78, 5) is 26.6. The van der Waals surface area contributed by atoms with Gasteiger partial charge in [-0.05, 0) is 18.6 Å². The molecular formula is C14H17FN4O2. The van der Waals surface area contributed by atoms with Crippen molar-refractivity contribution in [2.45, 2.75) is 19.8 Å². The Labute approximate surface area is 121 Å². The Morgan fingerprint density at radius 2 is 2.00 bits per heavy atom. The molecule has 2 N–H and O–H groups in total. The number of aromatic nitrogens is 2. The molecule has 2 rings (SSSR count). The second-order valence-electron chi connectivity index (χ2n) is 4.71. The van der Waals surface area contributed by atoms with Crippen LogP contribution in [0.2, 0.25) is 0 Å². The smallest absolute Gasteiger partial charge is 0.226 e. The first-order chi connectivity index (χ1) is 10.0. The third-order valence-electron chi connectivity index (χ3n) is 2.86. The lowest BCUT2D eigenvalue weighted by atomic mass is 10.3. The minimum Gasteiger partial charge on any atom is -0.356 e. The highest BCUT2D eigenvalue weighted by Gasteiger charge is 2.07. The first kappa shape index (κ1) is 15.0. The molecule has 2 aromatic rings. The van der Waals surface area contributed by atoms with E-state index in [9.17, 15) is 14.0 Å². The van der Waals surface area contributed by atoms with Crippen LogP contribution in [0.25, 0.3) is 5.65 Å². The highest BCUT2D eigenvalue weighted by Crippen LogP contribution is 2.07. The molecule has 2 aromatic heterocycles. The van der Waals surface area contributed by atoms with Gasteiger partial charge < -0.3 is 15.0 Å². The molecule has 0 aliphatic rings. The second-order valence-corrected chi connectivity index (χ2v) is 4.71. The molecule has 0 saturated heterocycles. The lowest BCUT2D eigenvalue weighted by Gasteiger charge is -2.04. The minimum atomic E-state index is -0.353. The van der Waals surface area contributed by atoms with Gasteiger partial charge in [-0.1, -0.05) is 0 Å². The molecule has 0 atom stereocenters. The maximum absolute atomic E-state index is 13.0. The van der Waals surface area contributed by atoms with Crippen molar-refractivity contribution in [3.8, 4) is 0 Å². The van der Waals surface area contributed by atoms with Crippen molar-refractivity contribution in [2.75, 3.05) is 13.1 Å². The fourth-order valence-electron chi connectivity index (χ4n) is 1.91. The number of nitrogens with zero attached hydrogens (tertiary/aromatic N) is 2. The topological polar surface area (TPSA) is 75.5 Å². The summed E-state index contributed by atoms with van der Waals surface area (Å²) in [5, 5.41) is 5.40. The molecule has 0 aromatic carbocycles. The Bertz CT molecular complexity index is 653. The molecule has 112 valence electrons. The standard InChI is InChI=1S/C14H17FN4O2/c1-10(20)16-5-2-6-17-14(21)7-12-9-19-8-11(15)3-4-13(19)18-12/h3-4,8-9H,2,5-7H2,1H3,(H,16,20)(H,17,21). The number of nitrogens with one attached hydrogen (secondary N) is 2. The molecule has 2 amide bonds. The molecule has 0 spiro atoms. The van der Waals surface area contributed by atoms with Gasteiger partial charge in [-0.2, -0.15) is 0 Å². The lowest BCUT2D eigenvalue weighted by Crippen LogP contribution is -2.29. The van der Waals surface area contributed by atoms with Crippen LogP contribution in [0.3, 0.4) is 0 Å². The number of fused-ring (bicyclic) bond motifs is 1. The quantitative estimate of drug-likeness (QED) is 0.768. The van der Waals surface area contributed by atoms with Crippen LogP contribution >= 0.6 is 0 Å². The number of hydrogen-bond donors (Lipinski definition) is 2. The Morgan fingerprint density at radius 1 is 1.24 bits per heavy atom. The highest BCUT2D eigenvalue weighted by atomic mass is 19.1. The summed E-state index contributed by atoms with van der Waals surface area (Å²) in [7, 11) is 0. The van der Waals surface area contributed by atoms with E-state index in [2.05, 4.69) is 15.6 Å². The largest absolute Gasteiger partial charge is 0.356 e. The number of hydrogen-bond acceptors (Lipinski definition) is 3. The van der Waals surface area contributed by atoms with Gasteiger partial charge in [0.15, 0.2) is 0 Å². The summed E-state index contributed by atoms with van der Waals surface area (Å²) in [6, 6.07) is 2.89. The number of halogens is 1. The van der Waals surface area contributed by atoms with Gasteiger partial charge in [0.05, 0.1) is 12.1 Å². The van der Waals surface area contributed by atoms with Gasteiger partial charge in [0, 0.05) is 32.4 Å². The molecule has 7 heteroatoms. The summed E-state index contributed by atoms with van der Waals surface area (Å²) in [6.45, 7) is 2.47. The van der Waals surface area contributed by atoms with Gasteiger partial charge in [0.2, 0.25) is 11.8 Å². The van der Waals surface area contributed by atoms with E-state index in [1.807, 2.05) is 0 Å². The Balaban J connectivity index is 1.80. The molecule has 6 nitrogen and oxygen atoms in total. The van der Waals surface area contributed by atoms with Crippen LogP contribution in [0, 0.1) is 5.82 Å². The average Bonchev–Trinajstić information content (AvgIpc) is 2.79. The number of carbonyl (C=O) groups is 2. The van der Waals surface area contributed by atoms with Gasteiger partial charge >= 0.3 is 0 Å². The van der Waals surface area contributed by atoms with Crippen LogP contribution in [0.4, 0.5) is 4.39 Å². The molecule has 0 radical (unpaired) electrons. The van der Waals surface area contributed by atoms with Crippen molar-refractivity contribution in [1.82, 2.24) is 20.0 Å². The minimum absolute atomic E-state index is 0.0849. The van der Waals surface area contributed by atoms with E-state index >= 15 is 0 Å². The van der Waals surface area contributed by atoms with Crippen molar-refractivity contribution < 1.29 is 14.0 Å². The predicted octanol–water partition coefficient (Wildman–Crippen LogP) is 0.658. The third kappa shape index (κ3) is 4.55. The van der Waals surface area contributed by atoms with Gasteiger partial charge in [0.1, 0.15) is 11.5 Å². The summed E-state index contributed by atoms with van der Waals surface area (Å²) >= 11 is 0. The lowest BCUT2D eigenvalue weighted by molar-refractivity contribution is -0.120. The maximum Gasteiger partial charge on any atom is 0.226 e. The van der Waals surface area contributed by atoms with Crippen molar-refractivity contribution in [3.05, 3.63) is 36.0 Å². The van der Waals surface area contributed by atoms with E-state index in [1.165, 1.54) is 19.2 Å². The van der Waals surface area contributed by atoms with E-state index in [-0.39, 0.29) is 24.1 Å². The van der Waals surface area contributed by atoms with Crippen molar-refractivity contribution in [3.63, 3.8) is 0 Å². The summed E-state index contributed by atoms with van der Waals surface area (Å²) in [5.74, 6) is -0.589. The molecule has 0 fully saturated rings. The van der Waals surface area contributed by atoms with Gasteiger partial charge in [-0.3, -0.25) is 9.59 Å². The Morgan fingerprint density at radius 3 is 2.76 bits per heavy atom. The molecule has 0 bridgehead atoms. The normalized spacial score (nSPS) is 10.6. The zero-order valence-electron chi connectivity index (χ0n) is 11.7. The monoisotopic (exact) mass is 292 g/mol. The van der Waals surface area contributed by atoms with Crippen LogP contribution in [0.15, 0.2) is 24.5 Å². The SMILES string of the molecule is CC(=O)NCCCNC(=O)Cc1cn2cc(F)ccc2n1. The predicted molar refractivity (Wildman–Crippen MR) is 75.2 cm³/mol. The number of amides is 2. The molecule has 0 saturated carbocycles. The van der Waals surface area contributed by atoms with Crippen LogP contribution in [-0.2, 0) is 16.0 Å². The van der Waals surface area contributed by atoms with Crippen LogP contribution < -0.4 is 10.6 Å². The van der Waals surface area contributed by atoms with E-state index in [0.29, 0.717) is 30.9 Å². The molecule has 0 aliphatic carbocycles. The van der Waals surface area contributed by atoms with Crippen molar-refractivity contribution in [2.24, 2.45) is 0 Å². The second kappa shape index (κ2) is 6.83. The van der Waals surface area contributed by atoms with E-state index in [4.69, 9.17) is 0 Å². The summed E-state index contributed by atoms with van der Waals surface area (Å²) in [5.41, 5.74) is 1.19. The Kier molecular flexibility index (Phi) is 4.86.